The Hall–Kier alpha value is -3.43. The number of nitrogens with zero attached hydrogens (tertiary/aromatic N) is 2. The van der Waals surface area contributed by atoms with Crippen molar-refractivity contribution in [2.45, 2.75) is 32.4 Å². The summed E-state index contributed by atoms with van der Waals surface area (Å²) >= 11 is 0. The molecule has 1 aliphatic heterocycles. The third kappa shape index (κ3) is 7.40. The molecule has 2 heterocycles. The molecule has 5 N–H and O–H groups in total. The van der Waals surface area contributed by atoms with E-state index >= 15 is 0 Å². The van der Waals surface area contributed by atoms with Gasteiger partial charge >= 0.3 is 0 Å². The number of benzene rings is 2. The Labute approximate surface area is 179 Å². The molecule has 0 amide bonds. The Bertz CT molecular complexity index is 1020. The second-order valence-electron chi connectivity index (χ2n) is 7.31. The number of rotatable bonds is 3. The minimum Gasteiger partial charge on any atom is -0.508 e. The van der Waals surface area contributed by atoms with E-state index in [-0.39, 0.29) is 5.75 Å². The van der Waals surface area contributed by atoms with E-state index in [9.17, 15) is 10.2 Å². The number of phenolic OH excluding ortho intramolecular Hbond substituents is 1. The first-order valence-electron chi connectivity index (χ1n) is 9.66. The van der Waals surface area contributed by atoms with Crippen molar-refractivity contribution in [3.8, 4) is 17.1 Å². The average Bonchev–Trinajstić information content (AvgIpc) is 3.30. The number of phenols is 1. The van der Waals surface area contributed by atoms with Crippen molar-refractivity contribution in [3.63, 3.8) is 0 Å². The first-order chi connectivity index (χ1) is 14.6. The number of carbonyl (C=O) groups is 2. The van der Waals surface area contributed by atoms with E-state index in [1.54, 1.807) is 18.3 Å². The molecule has 0 bridgehead atoms. The molecule has 1 aromatic heterocycles. The summed E-state index contributed by atoms with van der Waals surface area (Å²) in [5.41, 5.74) is 0.292. The first kappa shape index (κ1) is 23.8. The molecule has 2 aromatic carbocycles. The Kier molecular flexibility index (Phi) is 8.12. The normalized spacial score (nSPS) is 17.3. The summed E-state index contributed by atoms with van der Waals surface area (Å²) in [6, 6.07) is 11.4. The van der Waals surface area contributed by atoms with Crippen molar-refractivity contribution in [2.24, 2.45) is 0 Å². The van der Waals surface area contributed by atoms with Crippen molar-refractivity contribution < 1.29 is 30.0 Å². The number of hydrogen-bond acceptors (Lipinski definition) is 6. The van der Waals surface area contributed by atoms with Crippen LogP contribution in [0.15, 0.2) is 48.8 Å². The highest BCUT2D eigenvalue weighted by Crippen LogP contribution is 2.27. The van der Waals surface area contributed by atoms with Crippen LogP contribution in [0.2, 0.25) is 0 Å². The van der Waals surface area contributed by atoms with E-state index < -0.39 is 17.5 Å². The van der Waals surface area contributed by atoms with Crippen molar-refractivity contribution in [3.05, 3.63) is 48.8 Å². The van der Waals surface area contributed by atoms with Gasteiger partial charge in [0.25, 0.3) is 11.9 Å². The number of β-amino-alcohol motifs (C(OH)–C–C–N with tert-alkyl or cyclic N) is 1. The zero-order valence-corrected chi connectivity index (χ0v) is 17.4. The van der Waals surface area contributed by atoms with Gasteiger partial charge < -0.3 is 30.3 Å². The van der Waals surface area contributed by atoms with Gasteiger partial charge in [0.2, 0.25) is 0 Å². The molecule has 1 fully saturated rings. The highest BCUT2D eigenvalue weighted by molar-refractivity contribution is 5.87. The Morgan fingerprint density at radius 3 is 2.32 bits per heavy atom. The molecule has 166 valence electrons. The number of carboxylic acid groups (broad SMARTS) is 2. The lowest BCUT2D eigenvalue weighted by Crippen LogP contribution is -2.36. The van der Waals surface area contributed by atoms with Crippen LogP contribution < -0.4 is 5.32 Å². The molecule has 9 nitrogen and oxygen atoms in total. The van der Waals surface area contributed by atoms with Gasteiger partial charge in [-0.3, -0.25) is 9.59 Å². The Morgan fingerprint density at radius 2 is 1.71 bits per heavy atom. The monoisotopic (exact) mass is 429 g/mol. The number of carboxylic acids is 2. The largest absolute Gasteiger partial charge is 0.508 e. The summed E-state index contributed by atoms with van der Waals surface area (Å²) < 4.78 is 2.01. The molecule has 31 heavy (non-hydrogen) atoms. The van der Waals surface area contributed by atoms with E-state index in [0.29, 0.717) is 13.1 Å². The topological polar surface area (TPSA) is 145 Å². The summed E-state index contributed by atoms with van der Waals surface area (Å²) in [4.78, 5) is 22.5. The van der Waals surface area contributed by atoms with Crippen LogP contribution >= 0.6 is 0 Å². The maximum atomic E-state index is 10.6. The number of imidazole rings is 1. The number of aliphatic hydroxyl groups is 1. The van der Waals surface area contributed by atoms with Gasteiger partial charge in [0.05, 0.1) is 12.1 Å². The molecule has 1 saturated heterocycles. The number of hydrogen-bond donors (Lipinski definition) is 5. The van der Waals surface area contributed by atoms with Gasteiger partial charge in [-0.25, -0.2) is 4.98 Å². The van der Waals surface area contributed by atoms with E-state index in [2.05, 4.69) is 16.4 Å². The molecule has 0 aliphatic carbocycles. The second kappa shape index (κ2) is 10.6. The van der Waals surface area contributed by atoms with E-state index in [1.807, 2.05) is 29.0 Å². The van der Waals surface area contributed by atoms with Crippen molar-refractivity contribution >= 4 is 22.7 Å². The smallest absolute Gasteiger partial charge is 0.300 e. The molecular weight excluding hydrogens is 402 g/mol. The minimum atomic E-state index is -0.833. The molecule has 0 saturated carbocycles. The van der Waals surface area contributed by atoms with Crippen LogP contribution in [0, 0.1) is 0 Å². The zero-order chi connectivity index (χ0) is 23.0. The van der Waals surface area contributed by atoms with Gasteiger partial charge in [-0.15, -0.1) is 0 Å². The fourth-order valence-electron chi connectivity index (χ4n) is 3.25. The van der Waals surface area contributed by atoms with Gasteiger partial charge in [0.1, 0.15) is 11.6 Å². The molecule has 3 aromatic rings. The number of aromatic hydroxyl groups is 1. The molecular formula is C22H27N3O6. The summed E-state index contributed by atoms with van der Waals surface area (Å²) in [6.45, 7) is 4.16. The quantitative estimate of drug-likeness (QED) is 0.426. The Morgan fingerprint density at radius 1 is 1.10 bits per heavy atom. The van der Waals surface area contributed by atoms with Crippen LogP contribution in [-0.2, 0) is 16.1 Å². The van der Waals surface area contributed by atoms with E-state index in [4.69, 9.17) is 19.8 Å². The lowest BCUT2D eigenvalue weighted by molar-refractivity contribution is -0.135. The highest BCUT2D eigenvalue weighted by Gasteiger charge is 2.32. The highest BCUT2D eigenvalue weighted by atomic mass is 16.4. The van der Waals surface area contributed by atoms with Gasteiger partial charge in [-0.2, -0.15) is 0 Å². The molecule has 9 heteroatoms. The predicted molar refractivity (Wildman–Crippen MR) is 116 cm³/mol. The van der Waals surface area contributed by atoms with Crippen LogP contribution in [0.1, 0.15) is 20.3 Å². The van der Waals surface area contributed by atoms with Crippen molar-refractivity contribution in [1.82, 2.24) is 14.9 Å². The molecule has 1 atom stereocenters. The van der Waals surface area contributed by atoms with Gasteiger partial charge in [-0.1, -0.05) is 18.2 Å². The van der Waals surface area contributed by atoms with Crippen LogP contribution in [0.4, 0.5) is 0 Å². The maximum Gasteiger partial charge on any atom is 0.300 e. The summed E-state index contributed by atoms with van der Waals surface area (Å²) in [6.07, 6.45) is 4.43. The number of aromatic nitrogens is 2. The zero-order valence-electron chi connectivity index (χ0n) is 17.4. The lowest BCUT2D eigenvalue weighted by Gasteiger charge is -2.23. The lowest BCUT2D eigenvalue weighted by atomic mass is 10.0. The number of aliphatic carboxylic acids is 2. The van der Waals surface area contributed by atoms with Crippen molar-refractivity contribution in [2.75, 3.05) is 13.1 Å². The summed E-state index contributed by atoms with van der Waals surface area (Å²) in [7, 11) is 0. The van der Waals surface area contributed by atoms with Gasteiger partial charge in [0, 0.05) is 38.3 Å². The molecule has 1 aliphatic rings. The standard InChI is InChI=1S/C18H19N3O2.2C2H4O2/c22-16-4-3-13-9-15(2-1-14(13)10-16)17-20-7-8-21(17)12-18(23)5-6-19-11-18;2*1-2(3)4/h1-4,7-10,19,22-23H,5-6,11-12H2;2*1H3,(H,3,4). The SMILES string of the molecule is CC(=O)O.CC(=O)O.Oc1ccc2cc(-c3nccn3CC3(O)CCNC3)ccc2c1. The van der Waals surface area contributed by atoms with Gasteiger partial charge in [0.15, 0.2) is 0 Å². The minimum absolute atomic E-state index is 0.266. The number of nitrogens with one attached hydrogen (secondary N) is 1. The second-order valence-corrected chi connectivity index (χ2v) is 7.31. The first-order valence-corrected chi connectivity index (χ1v) is 9.66. The van der Waals surface area contributed by atoms with Gasteiger partial charge in [-0.05, 0) is 41.9 Å². The van der Waals surface area contributed by atoms with Crippen molar-refractivity contribution in [1.29, 1.82) is 0 Å². The third-order valence-corrected chi connectivity index (χ3v) is 4.48. The van der Waals surface area contributed by atoms with Crippen LogP contribution in [0.3, 0.4) is 0 Å². The summed E-state index contributed by atoms with van der Waals surface area (Å²) in [5.74, 6) is -0.553. The molecule has 0 radical (unpaired) electrons. The maximum absolute atomic E-state index is 10.6. The van der Waals surface area contributed by atoms with E-state index in [1.165, 1.54) is 0 Å². The van der Waals surface area contributed by atoms with Crippen LogP contribution in [-0.4, -0.2) is 60.6 Å². The number of fused-ring (bicyclic) bond motifs is 1. The summed E-state index contributed by atoms with van der Waals surface area (Å²) in [5, 5.41) is 40.2. The fraction of sp³-hybridized carbons (Fsp3) is 0.318. The molecule has 1 unspecified atom stereocenters. The van der Waals surface area contributed by atoms with Crippen LogP contribution in [0.5, 0.6) is 5.75 Å². The predicted octanol–water partition coefficient (Wildman–Crippen LogP) is 2.32. The Balaban J connectivity index is 0.000000370. The molecule has 0 spiro atoms. The average molecular weight is 429 g/mol. The van der Waals surface area contributed by atoms with E-state index in [0.717, 1.165) is 49.0 Å². The van der Waals surface area contributed by atoms with Crippen LogP contribution in [0.25, 0.3) is 22.2 Å². The molecule has 4 rings (SSSR count). The third-order valence-electron chi connectivity index (χ3n) is 4.48. The fourth-order valence-corrected chi connectivity index (χ4v) is 3.25.